The van der Waals surface area contributed by atoms with Gasteiger partial charge in [-0.1, -0.05) is 12.1 Å². The molecule has 2 N–H and O–H groups in total. The molecule has 3 nitrogen and oxygen atoms in total. The summed E-state index contributed by atoms with van der Waals surface area (Å²) >= 11 is 0. The molecule has 1 aromatic carbocycles. The first-order chi connectivity index (χ1) is 9.40. The Morgan fingerprint density at radius 2 is 1.75 bits per heavy atom. The van der Waals surface area contributed by atoms with Crippen molar-refractivity contribution < 1.29 is 22.4 Å². The lowest BCUT2D eigenvalue weighted by Gasteiger charge is -2.06. The van der Waals surface area contributed by atoms with Crippen LogP contribution >= 0.6 is 0 Å². The van der Waals surface area contributed by atoms with Crippen LogP contribution in [0.15, 0.2) is 40.8 Å². The van der Waals surface area contributed by atoms with Gasteiger partial charge in [-0.25, -0.2) is 0 Å². The third kappa shape index (κ3) is 3.27. The summed E-state index contributed by atoms with van der Waals surface area (Å²) in [6.45, 7) is 0.188. The number of carbonyl (C=O) groups is 1. The van der Waals surface area contributed by atoms with Gasteiger partial charge in [-0.3, -0.25) is 4.79 Å². The quantitative estimate of drug-likeness (QED) is 0.877. The number of furan rings is 1. The predicted octanol–water partition coefficient (Wildman–Crippen LogP) is 3.18. The second-order valence-corrected chi connectivity index (χ2v) is 4.26. The van der Waals surface area contributed by atoms with E-state index in [0.29, 0.717) is 11.3 Å². The Bertz CT molecular complexity index is 600. The Kier molecular flexibility index (Phi) is 3.94. The molecule has 1 heterocycles. The number of alkyl halides is 3. The molecule has 0 spiro atoms. The van der Waals surface area contributed by atoms with Crippen LogP contribution in [0, 0.1) is 0 Å². The highest BCUT2D eigenvalue weighted by atomic mass is 19.4. The van der Waals surface area contributed by atoms with E-state index in [4.69, 9.17) is 10.2 Å². The highest BCUT2D eigenvalue weighted by Gasteiger charge is 2.30. The Hall–Kier alpha value is -2.08. The lowest BCUT2D eigenvalue weighted by Crippen LogP contribution is -2.06. The summed E-state index contributed by atoms with van der Waals surface area (Å²) in [5.74, 6) is 0.343. The molecular formula is C14H12F3NO2. The van der Waals surface area contributed by atoms with E-state index in [1.165, 1.54) is 18.2 Å². The number of ketones is 1. The van der Waals surface area contributed by atoms with E-state index in [1.54, 1.807) is 6.07 Å². The van der Waals surface area contributed by atoms with E-state index >= 15 is 0 Å². The van der Waals surface area contributed by atoms with Crippen molar-refractivity contribution in [2.24, 2.45) is 5.73 Å². The highest BCUT2D eigenvalue weighted by molar-refractivity contribution is 5.95. The average Bonchev–Trinajstić information content (AvgIpc) is 2.87. The van der Waals surface area contributed by atoms with Crippen molar-refractivity contribution in [3.63, 3.8) is 0 Å². The third-order valence-corrected chi connectivity index (χ3v) is 2.78. The lowest BCUT2D eigenvalue weighted by molar-refractivity contribution is -0.137. The monoisotopic (exact) mass is 283 g/mol. The van der Waals surface area contributed by atoms with E-state index in [2.05, 4.69) is 0 Å². The summed E-state index contributed by atoms with van der Waals surface area (Å²) in [5, 5.41) is 0. The predicted molar refractivity (Wildman–Crippen MR) is 66.1 cm³/mol. The molecule has 0 radical (unpaired) electrons. The smallest absolute Gasteiger partial charge is 0.416 e. The Balaban J connectivity index is 2.08. The molecule has 0 fully saturated rings. The second kappa shape index (κ2) is 5.50. The van der Waals surface area contributed by atoms with Gasteiger partial charge in [0, 0.05) is 6.42 Å². The summed E-state index contributed by atoms with van der Waals surface area (Å²) in [6.07, 6.45) is -4.39. The lowest BCUT2D eigenvalue weighted by atomic mass is 10.1. The normalized spacial score (nSPS) is 11.6. The molecule has 0 aliphatic heterocycles. The molecule has 106 valence electrons. The number of hydrogen-bond acceptors (Lipinski definition) is 3. The van der Waals surface area contributed by atoms with E-state index in [1.807, 2.05) is 0 Å². The number of rotatable bonds is 4. The molecule has 1 aromatic heterocycles. The van der Waals surface area contributed by atoms with Crippen molar-refractivity contribution in [3.05, 3.63) is 59.0 Å². The topological polar surface area (TPSA) is 56.2 Å². The zero-order chi connectivity index (χ0) is 14.8. The summed E-state index contributed by atoms with van der Waals surface area (Å²) in [4.78, 5) is 11.9. The molecule has 0 unspecified atom stereocenters. The third-order valence-electron chi connectivity index (χ3n) is 2.78. The van der Waals surface area contributed by atoms with Crippen LogP contribution in [0.5, 0.6) is 0 Å². The molecule has 20 heavy (non-hydrogen) atoms. The Morgan fingerprint density at radius 3 is 2.25 bits per heavy atom. The first-order valence-corrected chi connectivity index (χ1v) is 5.88. The van der Waals surface area contributed by atoms with Crippen LogP contribution in [0.25, 0.3) is 0 Å². The minimum absolute atomic E-state index is 0.0182. The molecule has 0 aliphatic rings. The molecular weight excluding hydrogens is 271 g/mol. The van der Waals surface area contributed by atoms with Crippen LogP contribution in [-0.4, -0.2) is 5.78 Å². The number of carbonyl (C=O) groups excluding carboxylic acids is 1. The Labute approximate surface area is 113 Å². The van der Waals surface area contributed by atoms with Crippen molar-refractivity contribution in [1.29, 1.82) is 0 Å². The van der Waals surface area contributed by atoms with Gasteiger partial charge >= 0.3 is 6.18 Å². The highest BCUT2D eigenvalue weighted by Crippen LogP contribution is 2.29. The Morgan fingerprint density at radius 1 is 1.10 bits per heavy atom. The number of benzene rings is 1. The van der Waals surface area contributed by atoms with Crippen LogP contribution in [0.2, 0.25) is 0 Å². The van der Waals surface area contributed by atoms with Crippen molar-refractivity contribution >= 4 is 5.78 Å². The number of hydrogen-bond donors (Lipinski definition) is 1. The molecule has 0 aliphatic carbocycles. The first kappa shape index (κ1) is 14.3. The summed E-state index contributed by atoms with van der Waals surface area (Å²) < 4.78 is 42.4. The molecule has 0 amide bonds. The van der Waals surface area contributed by atoms with Gasteiger partial charge in [0.05, 0.1) is 12.1 Å². The number of Topliss-reactive ketones (excluding diaryl/α,β-unsaturated/α-hetero) is 1. The maximum Gasteiger partial charge on any atom is 0.416 e. The minimum Gasteiger partial charge on any atom is -0.457 e. The maximum absolute atomic E-state index is 12.4. The van der Waals surface area contributed by atoms with Gasteiger partial charge in [-0.05, 0) is 29.8 Å². The van der Waals surface area contributed by atoms with E-state index in [-0.39, 0.29) is 24.5 Å². The summed E-state index contributed by atoms with van der Waals surface area (Å²) in [5.41, 5.74) is 5.12. The SMILES string of the molecule is NCc1ccc(C(=O)Cc2ccc(C(F)(F)F)cc2)o1. The summed E-state index contributed by atoms with van der Waals surface area (Å²) in [7, 11) is 0. The van der Waals surface area contributed by atoms with Gasteiger partial charge in [0.25, 0.3) is 0 Å². The molecule has 2 aromatic rings. The zero-order valence-corrected chi connectivity index (χ0v) is 10.4. The standard InChI is InChI=1S/C14H12F3NO2/c15-14(16,17)10-3-1-9(2-4-10)7-12(19)13-6-5-11(8-18)20-13/h1-6H,7-8,18H2. The fourth-order valence-electron chi connectivity index (χ4n) is 1.72. The number of halogens is 3. The molecule has 6 heteroatoms. The van der Waals surface area contributed by atoms with Crippen molar-refractivity contribution in [2.75, 3.05) is 0 Å². The van der Waals surface area contributed by atoms with Gasteiger partial charge in [-0.15, -0.1) is 0 Å². The molecule has 0 saturated carbocycles. The molecule has 0 saturated heterocycles. The van der Waals surface area contributed by atoms with Crippen LogP contribution in [0.1, 0.15) is 27.4 Å². The fourth-order valence-corrected chi connectivity index (χ4v) is 1.72. The van der Waals surface area contributed by atoms with Crippen molar-refractivity contribution in [3.8, 4) is 0 Å². The minimum atomic E-state index is -4.38. The largest absolute Gasteiger partial charge is 0.457 e. The molecule has 0 bridgehead atoms. The van der Waals surface area contributed by atoms with Crippen LogP contribution in [-0.2, 0) is 19.1 Å². The molecule has 2 rings (SSSR count). The number of nitrogens with two attached hydrogens (primary N) is 1. The zero-order valence-electron chi connectivity index (χ0n) is 10.4. The summed E-state index contributed by atoms with van der Waals surface area (Å²) in [6, 6.07) is 7.59. The van der Waals surface area contributed by atoms with E-state index < -0.39 is 11.7 Å². The van der Waals surface area contributed by atoms with Crippen molar-refractivity contribution in [2.45, 2.75) is 19.1 Å². The molecule has 0 atom stereocenters. The average molecular weight is 283 g/mol. The first-order valence-electron chi connectivity index (χ1n) is 5.88. The van der Waals surface area contributed by atoms with Crippen LogP contribution < -0.4 is 5.73 Å². The van der Waals surface area contributed by atoms with Gasteiger partial charge < -0.3 is 10.2 Å². The van der Waals surface area contributed by atoms with Gasteiger partial charge in [0.2, 0.25) is 5.78 Å². The van der Waals surface area contributed by atoms with Crippen LogP contribution in [0.4, 0.5) is 13.2 Å². The van der Waals surface area contributed by atoms with Gasteiger partial charge in [0.1, 0.15) is 5.76 Å². The van der Waals surface area contributed by atoms with Gasteiger partial charge in [0.15, 0.2) is 5.76 Å². The van der Waals surface area contributed by atoms with E-state index in [9.17, 15) is 18.0 Å². The van der Waals surface area contributed by atoms with Gasteiger partial charge in [-0.2, -0.15) is 13.2 Å². The maximum atomic E-state index is 12.4. The second-order valence-electron chi connectivity index (χ2n) is 4.26. The van der Waals surface area contributed by atoms with E-state index in [0.717, 1.165) is 12.1 Å². The van der Waals surface area contributed by atoms with Crippen molar-refractivity contribution in [1.82, 2.24) is 0 Å². The fraction of sp³-hybridized carbons (Fsp3) is 0.214. The van der Waals surface area contributed by atoms with Crippen LogP contribution in [0.3, 0.4) is 0 Å².